The Hall–Kier alpha value is -5.95. The number of nitrogens with zero attached hydrogens (tertiary/aromatic N) is 3. The van der Waals surface area contributed by atoms with Crippen LogP contribution in [0, 0.1) is 5.82 Å². The van der Waals surface area contributed by atoms with Crippen LogP contribution in [0.25, 0.3) is 0 Å². The van der Waals surface area contributed by atoms with Gasteiger partial charge in [0.1, 0.15) is 29.1 Å². The molecule has 0 aromatic heterocycles. The van der Waals surface area contributed by atoms with Crippen molar-refractivity contribution in [1.82, 2.24) is 20.4 Å². The van der Waals surface area contributed by atoms with Gasteiger partial charge in [-0.2, -0.15) is 0 Å². The van der Waals surface area contributed by atoms with Gasteiger partial charge in [-0.3, -0.25) is 39.6 Å². The summed E-state index contributed by atoms with van der Waals surface area (Å²) in [4.78, 5) is 86.8. The molecule has 4 aliphatic carbocycles. The predicted octanol–water partition coefficient (Wildman–Crippen LogP) is 3.01. The van der Waals surface area contributed by atoms with Gasteiger partial charge in [0.25, 0.3) is 11.8 Å². The Labute approximate surface area is 369 Å². The maximum Gasteiger partial charge on any atom is 0.411 e. The van der Waals surface area contributed by atoms with E-state index in [1.54, 1.807) is 74.5 Å². The molecule has 10 rings (SSSR count). The number of rotatable bonds is 13. The molecular formula is C46H54FN7O10. The number of carbonyl (C=O) groups is 6. The van der Waals surface area contributed by atoms with Gasteiger partial charge >= 0.3 is 12.2 Å². The first kappa shape index (κ1) is 44.6. The van der Waals surface area contributed by atoms with Crippen molar-refractivity contribution >= 4 is 41.5 Å². The van der Waals surface area contributed by atoms with E-state index in [1.165, 1.54) is 26.4 Å². The summed E-state index contributed by atoms with van der Waals surface area (Å²) in [5, 5.41) is 24.4. The first-order valence-electron chi connectivity index (χ1n) is 21.4. The number of nitrogens with two attached hydrogens (primary N) is 2. The molecule has 3 aliphatic heterocycles. The van der Waals surface area contributed by atoms with E-state index in [0.717, 1.165) is 0 Å². The highest BCUT2D eigenvalue weighted by Gasteiger charge is 2.69. The lowest BCUT2D eigenvalue weighted by Gasteiger charge is -2.58. The molecule has 3 fully saturated rings. The van der Waals surface area contributed by atoms with Crippen LogP contribution in [0.4, 0.5) is 19.7 Å². The Morgan fingerprint density at radius 1 is 0.641 bits per heavy atom. The van der Waals surface area contributed by atoms with Crippen molar-refractivity contribution in [2.24, 2.45) is 11.5 Å². The molecule has 10 atom stereocenters. The minimum absolute atomic E-state index is 0.284. The molecule has 3 heterocycles. The number of ether oxygens (including phenoxy) is 2. The van der Waals surface area contributed by atoms with Crippen LogP contribution in [0.3, 0.4) is 0 Å². The minimum Gasteiger partial charge on any atom is -0.465 e. The summed E-state index contributed by atoms with van der Waals surface area (Å²) >= 11 is 0. The fraction of sp³-hybridized carbons (Fsp3) is 0.478. The molecule has 17 nitrogen and oxygen atoms in total. The molecular weight excluding hydrogens is 830 g/mol. The van der Waals surface area contributed by atoms with Crippen LogP contribution >= 0.6 is 0 Å². The van der Waals surface area contributed by atoms with Crippen molar-refractivity contribution in [2.45, 2.75) is 111 Å². The topological polar surface area (TPSA) is 247 Å². The lowest BCUT2D eigenvalue weighted by molar-refractivity contribution is -0.146. The number of fused-ring (bicyclic) bond motifs is 6. The monoisotopic (exact) mass is 883 g/mol. The Kier molecular flexibility index (Phi) is 11.3. The molecule has 3 saturated heterocycles. The van der Waals surface area contributed by atoms with E-state index in [4.69, 9.17) is 20.9 Å². The van der Waals surface area contributed by atoms with Crippen LogP contribution in [-0.2, 0) is 50.6 Å². The zero-order valence-electron chi connectivity index (χ0n) is 36.1. The molecule has 64 heavy (non-hydrogen) atoms. The highest BCUT2D eigenvalue weighted by molar-refractivity contribution is 6.01. The number of carboxylic acid groups (broad SMARTS) is 2. The molecule has 4 unspecified atom stereocenters. The normalized spacial score (nSPS) is 33.0. The summed E-state index contributed by atoms with van der Waals surface area (Å²) in [5.74, 6) is -3.61. The van der Waals surface area contributed by atoms with Crippen molar-refractivity contribution in [1.29, 1.82) is 0 Å². The summed E-state index contributed by atoms with van der Waals surface area (Å²) in [6.45, 7) is 4.06. The zero-order chi connectivity index (χ0) is 46.1. The standard InChI is InChI=1S/C46H54FN7O10/c1-43(23-33(48)55)25-9-13-27(14-10-25)45(43,39(57)50-41(59)60)52-21-5-7-31(52)35-37(63-3)38(64-4)36(54(35)30-19-17-29(47)18-20-30)32-8-6-22-53(32)46(40(58)51-42(61)62)28-15-11-26(12-16-28)44(46,2)24-34(49)56/h9-20,31-32,35-38H,5-8,21-24H2,1-4H3,(H2,48,55)(H2,49,56)(H,50,57)(H,51,58)(H,59,60)(H,61,62)/t31?,32?,35-,36-,37+,38+,43?,44?,45+,46+/m0/s1. The van der Waals surface area contributed by atoms with Gasteiger partial charge in [0.15, 0.2) is 0 Å². The number of amides is 6. The van der Waals surface area contributed by atoms with Gasteiger partial charge in [0, 0.05) is 55.7 Å². The van der Waals surface area contributed by atoms with Gasteiger partial charge in [-0.25, -0.2) is 14.0 Å². The Morgan fingerprint density at radius 3 is 1.33 bits per heavy atom. The number of halogens is 1. The first-order chi connectivity index (χ1) is 30.4. The van der Waals surface area contributed by atoms with Gasteiger partial charge in [-0.15, -0.1) is 0 Å². The van der Waals surface area contributed by atoms with Gasteiger partial charge in [-0.1, -0.05) is 62.4 Å². The summed E-state index contributed by atoms with van der Waals surface area (Å²) in [7, 11) is 3.08. The van der Waals surface area contributed by atoms with Crippen LogP contribution in [0.5, 0.6) is 0 Å². The second-order valence-corrected chi connectivity index (χ2v) is 18.1. The van der Waals surface area contributed by atoms with Gasteiger partial charge < -0.3 is 36.1 Å². The SMILES string of the molecule is CO[C@H]1[C@H](OC)[C@H](C2CCCN2[C@@]2(C(=O)NC(=O)O)c3ccc(cc3)C2(C)CC(N)=O)N(c2ccc(F)cc2)[C@H]1C1CCCN1[C@@]1(C(=O)NC(=O)O)c2ccc(cc2)C1(C)CC(N)=O. The smallest absolute Gasteiger partial charge is 0.411 e. The third-order valence-electron chi connectivity index (χ3n) is 15.2. The highest BCUT2D eigenvalue weighted by atomic mass is 19.1. The Balaban J connectivity index is 1.34. The predicted molar refractivity (Wildman–Crippen MR) is 228 cm³/mol. The number of anilines is 1. The van der Waals surface area contributed by atoms with Crippen molar-refractivity contribution in [3.8, 4) is 0 Å². The van der Waals surface area contributed by atoms with E-state index in [1.807, 2.05) is 9.80 Å². The van der Waals surface area contributed by atoms with Crippen LogP contribution in [0.15, 0.2) is 72.8 Å². The van der Waals surface area contributed by atoms with Gasteiger partial charge in [0.2, 0.25) is 11.8 Å². The number of carbonyl (C=O) groups excluding carboxylic acids is 4. The molecule has 6 amide bonds. The zero-order valence-corrected chi connectivity index (χ0v) is 36.1. The number of nitrogens with one attached hydrogen (secondary N) is 2. The largest absolute Gasteiger partial charge is 0.465 e. The van der Waals surface area contributed by atoms with Gasteiger partial charge in [0.05, 0.1) is 12.1 Å². The minimum atomic E-state index is -1.78. The fourth-order valence-corrected chi connectivity index (χ4v) is 13.1. The molecule has 8 N–H and O–H groups in total. The average molecular weight is 884 g/mol. The summed E-state index contributed by atoms with van der Waals surface area (Å²) in [5.41, 5.74) is 8.30. The second-order valence-electron chi connectivity index (χ2n) is 18.1. The fourth-order valence-electron chi connectivity index (χ4n) is 13.1. The van der Waals surface area contributed by atoms with Crippen LogP contribution < -0.4 is 27.0 Å². The molecule has 0 saturated carbocycles. The Bertz CT molecular complexity index is 2230. The highest BCUT2D eigenvalue weighted by Crippen LogP contribution is 2.59. The number of imide groups is 2. The van der Waals surface area contributed by atoms with Crippen LogP contribution in [-0.4, -0.2) is 120 Å². The molecule has 0 spiro atoms. The first-order valence-corrected chi connectivity index (χ1v) is 21.4. The maximum absolute atomic E-state index is 15.0. The molecule has 0 radical (unpaired) electrons. The van der Waals surface area contributed by atoms with E-state index in [2.05, 4.69) is 15.5 Å². The Morgan fingerprint density at radius 2 is 1.00 bits per heavy atom. The van der Waals surface area contributed by atoms with Crippen LogP contribution in [0.2, 0.25) is 0 Å². The third-order valence-corrected chi connectivity index (χ3v) is 15.2. The summed E-state index contributed by atoms with van der Waals surface area (Å²) in [6.07, 6.45) is -3.37. The second kappa shape index (κ2) is 16.2. The molecule has 4 bridgehead atoms. The molecule has 340 valence electrons. The van der Waals surface area contributed by atoms with Crippen molar-refractivity contribution in [3.63, 3.8) is 0 Å². The summed E-state index contributed by atoms with van der Waals surface area (Å²) < 4.78 is 27.9. The van der Waals surface area contributed by atoms with E-state index in [0.29, 0.717) is 53.6 Å². The van der Waals surface area contributed by atoms with E-state index < -0.39 is 99.9 Å². The molecule has 3 aromatic carbocycles. The van der Waals surface area contributed by atoms with Crippen LogP contribution in [0.1, 0.15) is 74.6 Å². The van der Waals surface area contributed by atoms with E-state index in [-0.39, 0.29) is 25.9 Å². The lowest BCUT2D eigenvalue weighted by atomic mass is 9.56. The number of hydrogen-bond donors (Lipinski definition) is 6. The molecule has 7 aliphatic rings. The van der Waals surface area contributed by atoms with E-state index in [9.17, 15) is 43.4 Å². The summed E-state index contributed by atoms with van der Waals surface area (Å²) in [6, 6.07) is 17.4. The number of primary amides is 2. The number of likely N-dealkylation sites (tertiary alicyclic amines) is 2. The van der Waals surface area contributed by atoms with Crippen molar-refractivity contribution in [3.05, 3.63) is 101 Å². The van der Waals surface area contributed by atoms with E-state index >= 15 is 0 Å². The molecule has 18 heteroatoms. The quantitative estimate of drug-likeness (QED) is 0.145. The molecule has 3 aromatic rings. The average Bonchev–Trinajstić information content (AvgIpc) is 3.99. The van der Waals surface area contributed by atoms with Crippen molar-refractivity contribution in [2.75, 3.05) is 32.2 Å². The number of methoxy groups -OCH3 is 2. The van der Waals surface area contributed by atoms with Crippen molar-refractivity contribution < 1.29 is 52.8 Å². The lowest BCUT2D eigenvalue weighted by Crippen LogP contribution is -2.72. The van der Waals surface area contributed by atoms with Gasteiger partial charge in [-0.05, 0) is 85.3 Å². The number of benzene rings is 3. The number of hydrogen-bond acceptors (Lipinski definition) is 11. The maximum atomic E-state index is 15.0. The third kappa shape index (κ3) is 6.31.